The number of nitrogens with zero attached hydrogens (tertiary/aromatic N) is 3. The Balaban J connectivity index is 1.59. The fraction of sp³-hybridized carbons (Fsp3) is 0.217. The molecule has 1 atom stereocenters. The molecule has 0 saturated heterocycles. The lowest BCUT2D eigenvalue weighted by Crippen LogP contribution is -2.49. The van der Waals surface area contributed by atoms with Gasteiger partial charge in [-0.15, -0.1) is 0 Å². The highest BCUT2D eigenvalue weighted by atomic mass is 19.1. The Kier molecular flexibility index (Phi) is 5.56. The van der Waals surface area contributed by atoms with Crippen molar-refractivity contribution in [3.8, 4) is 17.0 Å². The number of likely N-dealkylation sites (N-methyl/N-ethyl adjacent to an activating group) is 1. The predicted octanol–water partition coefficient (Wildman–Crippen LogP) is 3.19. The number of anilines is 1. The first-order valence-electron chi connectivity index (χ1n) is 9.85. The molecular weight excluding hydrogens is 418 g/mol. The summed E-state index contributed by atoms with van der Waals surface area (Å²) < 4.78 is 33.3. The molecule has 0 radical (unpaired) electrons. The highest BCUT2D eigenvalue weighted by Gasteiger charge is 2.31. The second-order valence-electron chi connectivity index (χ2n) is 7.55. The molecule has 0 spiro atoms. The van der Waals surface area contributed by atoms with Crippen molar-refractivity contribution in [2.75, 3.05) is 18.6 Å². The molecule has 2 heterocycles. The van der Waals surface area contributed by atoms with E-state index in [4.69, 9.17) is 4.74 Å². The van der Waals surface area contributed by atoms with E-state index >= 15 is 0 Å². The molecule has 9 heteroatoms. The van der Waals surface area contributed by atoms with Gasteiger partial charge >= 0.3 is 0 Å². The molecule has 2 amide bonds. The summed E-state index contributed by atoms with van der Waals surface area (Å²) in [4.78, 5) is 35.3. The zero-order valence-electron chi connectivity index (χ0n) is 17.6. The number of aromatic nitrogens is 2. The van der Waals surface area contributed by atoms with Crippen molar-refractivity contribution in [3.63, 3.8) is 0 Å². The molecule has 164 valence electrons. The van der Waals surface area contributed by atoms with Crippen LogP contribution in [0.2, 0.25) is 0 Å². The van der Waals surface area contributed by atoms with Gasteiger partial charge in [0.05, 0.1) is 11.4 Å². The van der Waals surface area contributed by atoms with E-state index in [0.717, 1.165) is 17.7 Å². The van der Waals surface area contributed by atoms with Gasteiger partial charge in [0, 0.05) is 24.9 Å². The maximum absolute atomic E-state index is 14.3. The highest BCUT2D eigenvalue weighted by molar-refractivity contribution is 6.02. The van der Waals surface area contributed by atoms with E-state index in [-0.39, 0.29) is 29.6 Å². The van der Waals surface area contributed by atoms with Crippen LogP contribution in [0.3, 0.4) is 0 Å². The molecule has 1 aliphatic heterocycles. The third kappa shape index (κ3) is 4.01. The Bertz CT molecular complexity index is 1230. The second kappa shape index (κ2) is 8.33. The zero-order chi connectivity index (χ0) is 23.0. The molecule has 2 aromatic carbocycles. The van der Waals surface area contributed by atoms with Crippen LogP contribution in [-0.4, -0.2) is 41.5 Å². The van der Waals surface area contributed by atoms with Crippen LogP contribution in [0.4, 0.5) is 14.5 Å². The summed E-state index contributed by atoms with van der Waals surface area (Å²) in [6, 6.07) is 7.58. The monoisotopic (exact) mass is 438 g/mol. The van der Waals surface area contributed by atoms with Crippen LogP contribution in [0.1, 0.15) is 21.7 Å². The SMILES string of the molecule is Cc1ccc2c(c1)OC[C@H](NC(=O)c1ncc(C)c(-c3ccc(F)cc3F)n1)C(=O)N2C. The standard InChI is InChI=1S/C23H20F2N4O3/c1-12-4-7-18-19(8-12)32-11-17(23(31)29(18)3)27-22(30)21-26-10-13(2)20(28-21)15-6-5-14(24)9-16(15)25/h4-10,17H,11H2,1-3H3,(H,27,30)/t17-/m0/s1. The number of amides is 2. The average Bonchev–Trinajstić information content (AvgIpc) is 2.86. The van der Waals surface area contributed by atoms with Crippen molar-refractivity contribution >= 4 is 17.5 Å². The molecule has 0 aliphatic carbocycles. The van der Waals surface area contributed by atoms with E-state index in [0.29, 0.717) is 17.0 Å². The number of aryl methyl sites for hydroxylation is 2. The Morgan fingerprint density at radius 3 is 2.72 bits per heavy atom. The minimum absolute atomic E-state index is 0.0415. The summed E-state index contributed by atoms with van der Waals surface area (Å²) in [5, 5.41) is 2.59. The number of nitrogens with one attached hydrogen (secondary N) is 1. The molecule has 1 aliphatic rings. The summed E-state index contributed by atoms with van der Waals surface area (Å²) in [6.07, 6.45) is 1.37. The number of hydrogen-bond acceptors (Lipinski definition) is 5. The van der Waals surface area contributed by atoms with Crippen molar-refractivity contribution < 1.29 is 23.1 Å². The van der Waals surface area contributed by atoms with Gasteiger partial charge in [-0.05, 0) is 49.2 Å². The van der Waals surface area contributed by atoms with Crippen molar-refractivity contribution in [3.05, 3.63) is 71.2 Å². The van der Waals surface area contributed by atoms with Gasteiger partial charge < -0.3 is 15.0 Å². The van der Waals surface area contributed by atoms with Gasteiger partial charge in [0.15, 0.2) is 0 Å². The van der Waals surface area contributed by atoms with Crippen LogP contribution in [-0.2, 0) is 4.79 Å². The van der Waals surface area contributed by atoms with Gasteiger partial charge in [-0.3, -0.25) is 9.59 Å². The molecule has 4 rings (SSSR count). The van der Waals surface area contributed by atoms with E-state index in [1.54, 1.807) is 20.0 Å². The lowest BCUT2D eigenvalue weighted by atomic mass is 10.1. The first-order valence-corrected chi connectivity index (χ1v) is 9.85. The summed E-state index contributed by atoms with van der Waals surface area (Å²) in [7, 11) is 1.60. The van der Waals surface area contributed by atoms with E-state index in [2.05, 4.69) is 15.3 Å². The average molecular weight is 438 g/mol. The zero-order valence-corrected chi connectivity index (χ0v) is 17.6. The van der Waals surface area contributed by atoms with Crippen LogP contribution in [0, 0.1) is 25.5 Å². The molecule has 7 nitrogen and oxygen atoms in total. The summed E-state index contributed by atoms with van der Waals surface area (Å²) in [5.74, 6) is -2.31. The highest BCUT2D eigenvalue weighted by Crippen LogP contribution is 2.31. The van der Waals surface area contributed by atoms with Crippen LogP contribution in [0.25, 0.3) is 11.3 Å². The molecule has 32 heavy (non-hydrogen) atoms. The first-order chi connectivity index (χ1) is 15.2. The molecule has 0 saturated carbocycles. The number of hydrogen-bond donors (Lipinski definition) is 1. The van der Waals surface area contributed by atoms with Crippen molar-refractivity contribution in [2.45, 2.75) is 19.9 Å². The quantitative estimate of drug-likeness (QED) is 0.679. The van der Waals surface area contributed by atoms with Crippen LogP contribution in [0.5, 0.6) is 5.75 Å². The number of fused-ring (bicyclic) bond motifs is 1. The Labute approximate surface area is 183 Å². The smallest absolute Gasteiger partial charge is 0.289 e. The third-order valence-corrected chi connectivity index (χ3v) is 5.18. The van der Waals surface area contributed by atoms with E-state index < -0.39 is 23.6 Å². The summed E-state index contributed by atoms with van der Waals surface area (Å²) in [5.41, 5.74) is 2.27. The minimum atomic E-state index is -0.976. The van der Waals surface area contributed by atoms with E-state index in [9.17, 15) is 18.4 Å². The van der Waals surface area contributed by atoms with Crippen molar-refractivity contribution in [2.24, 2.45) is 0 Å². The molecule has 0 unspecified atom stereocenters. The molecule has 0 fully saturated rings. The third-order valence-electron chi connectivity index (χ3n) is 5.18. The molecule has 1 aromatic heterocycles. The lowest BCUT2D eigenvalue weighted by Gasteiger charge is -2.20. The molecule has 1 N–H and O–H groups in total. The fourth-order valence-electron chi connectivity index (χ4n) is 3.44. The first kappa shape index (κ1) is 21.4. The van der Waals surface area contributed by atoms with Gasteiger partial charge in [0.25, 0.3) is 11.8 Å². The van der Waals surface area contributed by atoms with Crippen LogP contribution < -0.4 is 15.0 Å². The van der Waals surface area contributed by atoms with Crippen molar-refractivity contribution in [1.82, 2.24) is 15.3 Å². The van der Waals surface area contributed by atoms with Crippen molar-refractivity contribution in [1.29, 1.82) is 0 Å². The maximum Gasteiger partial charge on any atom is 0.289 e. The number of rotatable bonds is 3. The van der Waals surface area contributed by atoms with Crippen LogP contribution >= 0.6 is 0 Å². The van der Waals surface area contributed by atoms with E-state index in [1.165, 1.54) is 17.2 Å². The molecule has 3 aromatic rings. The fourth-order valence-corrected chi connectivity index (χ4v) is 3.44. The number of ether oxygens (including phenoxy) is 1. The van der Waals surface area contributed by atoms with Gasteiger partial charge in [-0.1, -0.05) is 6.07 Å². The normalized spacial score (nSPS) is 15.6. The number of carbonyl (C=O) groups is 2. The van der Waals surface area contributed by atoms with Crippen LogP contribution in [0.15, 0.2) is 42.6 Å². The Morgan fingerprint density at radius 2 is 1.97 bits per heavy atom. The maximum atomic E-state index is 14.3. The number of halogens is 2. The Morgan fingerprint density at radius 1 is 1.19 bits per heavy atom. The molecule has 0 bridgehead atoms. The van der Waals surface area contributed by atoms with Gasteiger partial charge in [-0.2, -0.15) is 0 Å². The van der Waals surface area contributed by atoms with Gasteiger partial charge in [-0.25, -0.2) is 18.7 Å². The Hall–Kier alpha value is -3.88. The van der Waals surface area contributed by atoms with E-state index in [1.807, 2.05) is 19.1 Å². The topological polar surface area (TPSA) is 84.4 Å². The molecular formula is C23H20F2N4O3. The van der Waals surface area contributed by atoms with Gasteiger partial charge in [0.2, 0.25) is 5.82 Å². The second-order valence-corrected chi connectivity index (χ2v) is 7.55. The summed E-state index contributed by atoms with van der Waals surface area (Å²) >= 11 is 0. The lowest BCUT2D eigenvalue weighted by molar-refractivity contribution is -0.120. The largest absolute Gasteiger partial charge is 0.489 e. The number of benzene rings is 2. The predicted molar refractivity (Wildman–Crippen MR) is 113 cm³/mol. The number of carbonyl (C=O) groups excluding carboxylic acids is 2. The summed E-state index contributed by atoms with van der Waals surface area (Å²) in [6.45, 7) is 3.49. The van der Waals surface area contributed by atoms with Gasteiger partial charge in [0.1, 0.15) is 30.0 Å². The minimum Gasteiger partial charge on any atom is -0.489 e.